The third kappa shape index (κ3) is 7.94. The van der Waals surface area contributed by atoms with Crippen molar-refractivity contribution in [1.82, 2.24) is 0 Å². The van der Waals surface area contributed by atoms with Crippen molar-refractivity contribution < 1.29 is 28.6 Å². The summed E-state index contributed by atoms with van der Waals surface area (Å²) in [6.45, 7) is 16.7. The fraction of sp³-hybridized carbons (Fsp3) is 0.367. The van der Waals surface area contributed by atoms with Gasteiger partial charge in [0.1, 0.15) is 17.2 Å². The van der Waals surface area contributed by atoms with Gasteiger partial charge in [-0.05, 0) is 103 Å². The molecule has 6 nitrogen and oxygen atoms in total. The molecule has 2 aromatic carbocycles. The molecule has 0 heterocycles. The molecule has 0 saturated carbocycles. The van der Waals surface area contributed by atoms with Crippen LogP contribution in [0.4, 0.5) is 0 Å². The molecule has 0 aliphatic heterocycles. The number of allylic oxidation sites excluding steroid dienone is 2. The van der Waals surface area contributed by atoms with Crippen LogP contribution < -0.4 is 14.2 Å². The summed E-state index contributed by atoms with van der Waals surface area (Å²) in [5.41, 5.74) is 0.585. The highest BCUT2D eigenvalue weighted by atomic mass is 16.5. The van der Waals surface area contributed by atoms with Crippen molar-refractivity contribution in [2.24, 2.45) is 10.8 Å². The van der Waals surface area contributed by atoms with Gasteiger partial charge < -0.3 is 14.2 Å². The molecular weight excluding hydrogens is 456 g/mol. The van der Waals surface area contributed by atoms with E-state index in [-0.39, 0.29) is 17.7 Å². The van der Waals surface area contributed by atoms with Crippen molar-refractivity contribution >= 4 is 23.8 Å². The molecule has 2 rings (SSSR count). The van der Waals surface area contributed by atoms with E-state index in [0.717, 1.165) is 5.56 Å². The van der Waals surface area contributed by atoms with Gasteiger partial charge in [-0.3, -0.25) is 14.4 Å². The van der Waals surface area contributed by atoms with Gasteiger partial charge in [-0.1, -0.05) is 6.08 Å². The van der Waals surface area contributed by atoms with Gasteiger partial charge in [0.15, 0.2) is 5.78 Å². The molecule has 0 aromatic heterocycles. The summed E-state index contributed by atoms with van der Waals surface area (Å²) >= 11 is 0. The second-order valence-electron chi connectivity index (χ2n) is 10.4. The first-order valence-electron chi connectivity index (χ1n) is 11.9. The molecule has 0 aliphatic carbocycles. The second kappa shape index (κ2) is 11.8. The van der Waals surface area contributed by atoms with Crippen LogP contribution in [0, 0.1) is 10.8 Å². The van der Waals surface area contributed by atoms with Crippen molar-refractivity contribution in [3.63, 3.8) is 0 Å². The van der Waals surface area contributed by atoms with E-state index in [1.807, 2.05) is 13.0 Å². The van der Waals surface area contributed by atoms with Crippen molar-refractivity contribution in [2.75, 3.05) is 6.61 Å². The Morgan fingerprint density at radius 3 is 1.97 bits per heavy atom. The van der Waals surface area contributed by atoms with Crippen molar-refractivity contribution in [1.29, 1.82) is 0 Å². The summed E-state index contributed by atoms with van der Waals surface area (Å²) in [6.07, 6.45) is 5.31. The third-order valence-electron chi connectivity index (χ3n) is 5.05. The summed E-state index contributed by atoms with van der Waals surface area (Å²) in [5.74, 6) is 0.350. The molecule has 192 valence electrons. The molecule has 0 unspecified atom stereocenters. The van der Waals surface area contributed by atoms with E-state index >= 15 is 0 Å². The summed E-state index contributed by atoms with van der Waals surface area (Å²) in [6, 6.07) is 9.91. The summed E-state index contributed by atoms with van der Waals surface area (Å²) in [5, 5.41) is 0. The van der Waals surface area contributed by atoms with Crippen molar-refractivity contribution in [3.05, 3.63) is 71.8 Å². The van der Waals surface area contributed by atoms with Crippen LogP contribution in [-0.2, 0) is 16.0 Å². The predicted octanol–water partition coefficient (Wildman–Crippen LogP) is 6.61. The number of hydrogen-bond acceptors (Lipinski definition) is 6. The lowest BCUT2D eigenvalue weighted by Crippen LogP contribution is -2.26. The molecular formula is C30H36O6. The minimum Gasteiger partial charge on any atom is -0.493 e. The number of rotatable bonds is 9. The van der Waals surface area contributed by atoms with Gasteiger partial charge in [0.2, 0.25) is 0 Å². The Morgan fingerprint density at radius 2 is 1.44 bits per heavy atom. The van der Waals surface area contributed by atoms with Crippen LogP contribution >= 0.6 is 0 Å². The molecule has 6 heteroatoms. The minimum atomic E-state index is -0.664. The average Bonchev–Trinajstić information content (AvgIpc) is 2.79. The first-order valence-corrected chi connectivity index (χ1v) is 11.9. The van der Waals surface area contributed by atoms with Crippen LogP contribution in [0.2, 0.25) is 0 Å². The topological polar surface area (TPSA) is 78.9 Å². The third-order valence-corrected chi connectivity index (χ3v) is 5.05. The zero-order valence-corrected chi connectivity index (χ0v) is 22.3. The maximum Gasteiger partial charge on any atom is 0.316 e. The standard InChI is InChI=1S/C30H36O6/c1-9-11-21-18-22(25(34-10-2)19-26(21)36-28(33)30(6,7)8)14-17-24(31)20-12-15-23(16-13-20)35-27(32)29(3,4)5/h9,12-19H,1,10-11H2,2-8H3. The molecule has 0 bridgehead atoms. The van der Waals surface area contributed by atoms with Gasteiger partial charge in [0.05, 0.1) is 17.4 Å². The zero-order chi connectivity index (χ0) is 27.1. The molecule has 0 atom stereocenters. The maximum absolute atomic E-state index is 12.8. The van der Waals surface area contributed by atoms with Gasteiger partial charge in [-0.25, -0.2) is 0 Å². The van der Waals surface area contributed by atoms with Gasteiger partial charge in [0.25, 0.3) is 0 Å². The molecule has 36 heavy (non-hydrogen) atoms. The highest BCUT2D eigenvalue weighted by Gasteiger charge is 2.25. The van der Waals surface area contributed by atoms with E-state index < -0.39 is 10.8 Å². The van der Waals surface area contributed by atoms with Crippen LogP contribution in [-0.4, -0.2) is 24.3 Å². The Morgan fingerprint density at radius 1 is 0.861 bits per heavy atom. The fourth-order valence-electron chi connectivity index (χ4n) is 2.91. The molecule has 0 amide bonds. The molecule has 0 spiro atoms. The first-order chi connectivity index (χ1) is 16.8. The quantitative estimate of drug-likeness (QED) is 0.129. The van der Waals surface area contributed by atoms with Crippen LogP contribution in [0.1, 0.15) is 70.0 Å². The van der Waals surface area contributed by atoms with Gasteiger partial charge >= 0.3 is 11.9 Å². The van der Waals surface area contributed by atoms with E-state index in [1.54, 1.807) is 84.0 Å². The number of carbonyl (C=O) groups excluding carboxylic acids is 3. The van der Waals surface area contributed by atoms with Crippen LogP contribution in [0.15, 0.2) is 55.1 Å². The Kier molecular flexibility index (Phi) is 9.40. The Labute approximate surface area is 214 Å². The largest absolute Gasteiger partial charge is 0.493 e. The smallest absolute Gasteiger partial charge is 0.316 e. The van der Waals surface area contributed by atoms with Gasteiger partial charge in [-0.2, -0.15) is 0 Å². The molecule has 0 fully saturated rings. The van der Waals surface area contributed by atoms with E-state index in [9.17, 15) is 14.4 Å². The Bertz CT molecular complexity index is 1140. The summed E-state index contributed by atoms with van der Waals surface area (Å²) in [7, 11) is 0. The van der Waals surface area contributed by atoms with E-state index in [1.165, 1.54) is 6.08 Å². The Balaban J connectivity index is 2.31. The highest BCUT2D eigenvalue weighted by molar-refractivity contribution is 6.07. The zero-order valence-electron chi connectivity index (χ0n) is 22.3. The average molecular weight is 493 g/mol. The minimum absolute atomic E-state index is 0.223. The number of carbonyl (C=O) groups is 3. The maximum atomic E-state index is 12.8. The molecule has 0 N–H and O–H groups in total. The predicted molar refractivity (Wildman–Crippen MR) is 141 cm³/mol. The summed E-state index contributed by atoms with van der Waals surface area (Å²) in [4.78, 5) is 37.3. The normalized spacial score (nSPS) is 11.8. The van der Waals surface area contributed by atoms with Gasteiger partial charge in [-0.15, -0.1) is 6.58 Å². The monoisotopic (exact) mass is 492 g/mol. The number of hydrogen-bond donors (Lipinski definition) is 0. The SMILES string of the molecule is C=CCc1cc(C=CC(=O)c2ccc(OC(=O)C(C)(C)C)cc2)c(OCC)cc1OC(=O)C(C)(C)C. The number of esters is 2. The lowest BCUT2D eigenvalue weighted by Gasteiger charge is -2.19. The number of ketones is 1. The van der Waals surface area contributed by atoms with E-state index in [4.69, 9.17) is 14.2 Å². The molecule has 0 aliphatic rings. The van der Waals surface area contributed by atoms with E-state index in [2.05, 4.69) is 6.58 Å². The first kappa shape index (κ1) is 28.6. The molecule has 0 saturated heterocycles. The lowest BCUT2D eigenvalue weighted by molar-refractivity contribution is -0.143. The van der Waals surface area contributed by atoms with Crippen LogP contribution in [0.3, 0.4) is 0 Å². The lowest BCUT2D eigenvalue weighted by atomic mass is 9.97. The van der Waals surface area contributed by atoms with E-state index in [0.29, 0.717) is 41.4 Å². The Hall–Kier alpha value is -3.67. The second-order valence-corrected chi connectivity index (χ2v) is 10.4. The number of benzene rings is 2. The van der Waals surface area contributed by atoms with Crippen molar-refractivity contribution in [3.8, 4) is 17.2 Å². The van der Waals surface area contributed by atoms with Crippen LogP contribution in [0.5, 0.6) is 17.2 Å². The van der Waals surface area contributed by atoms with Gasteiger partial charge in [0, 0.05) is 17.2 Å². The number of ether oxygens (including phenoxy) is 3. The van der Waals surface area contributed by atoms with Crippen LogP contribution in [0.25, 0.3) is 6.08 Å². The highest BCUT2D eigenvalue weighted by Crippen LogP contribution is 2.33. The molecule has 2 aromatic rings. The van der Waals surface area contributed by atoms with Crippen molar-refractivity contribution in [2.45, 2.75) is 54.9 Å². The molecule has 0 radical (unpaired) electrons. The fourth-order valence-corrected chi connectivity index (χ4v) is 2.91. The summed E-state index contributed by atoms with van der Waals surface area (Å²) < 4.78 is 16.8.